The Morgan fingerprint density at radius 2 is 1.58 bits per heavy atom. The fraction of sp³-hybridized carbons (Fsp3) is 0.0909. The summed E-state index contributed by atoms with van der Waals surface area (Å²) in [6, 6.07) is 8.57. The molecule has 2 aromatic carbocycles. The van der Waals surface area contributed by atoms with E-state index in [9.17, 15) is 21.6 Å². The highest BCUT2D eigenvalue weighted by Crippen LogP contribution is 2.27. The van der Waals surface area contributed by atoms with Crippen molar-refractivity contribution in [2.24, 2.45) is 0 Å². The molecule has 0 amide bonds. The van der Waals surface area contributed by atoms with Crippen LogP contribution in [0.2, 0.25) is 0 Å². The molecule has 102 valence electrons. The smallest absolute Gasteiger partial charge is 0.194 e. The number of hydrogen-bond acceptors (Lipinski definition) is 3. The van der Waals surface area contributed by atoms with Crippen molar-refractivity contribution in [1.29, 1.82) is 0 Å². The Labute approximate surface area is 115 Å². The first-order valence-electron chi connectivity index (χ1n) is 4.89. The lowest BCUT2D eigenvalue weighted by Crippen LogP contribution is -2.19. The number of benzene rings is 2. The maximum atomic E-state index is 12.0. The summed E-state index contributed by atoms with van der Waals surface area (Å²) in [5, 5.41) is 1.19. The van der Waals surface area contributed by atoms with Gasteiger partial charge in [-0.25, -0.2) is 0 Å². The minimum atomic E-state index is -5.24. The third kappa shape index (κ3) is 3.46. The van der Waals surface area contributed by atoms with Crippen molar-refractivity contribution in [2.75, 3.05) is 0 Å². The SMILES string of the molecule is O=S(=O)(OC(F)(F)F)c1ccc2cc(Br)ccc2c1. The predicted octanol–water partition coefficient (Wildman–Crippen LogP) is 3.83. The number of alkyl halides is 3. The van der Waals surface area contributed by atoms with Crippen molar-refractivity contribution < 1.29 is 25.8 Å². The monoisotopic (exact) mass is 354 g/mol. The molecule has 0 aliphatic heterocycles. The Morgan fingerprint density at radius 3 is 2.21 bits per heavy atom. The average molecular weight is 355 g/mol. The molecule has 0 aromatic heterocycles. The van der Waals surface area contributed by atoms with E-state index in [-0.39, 0.29) is 0 Å². The highest BCUT2D eigenvalue weighted by molar-refractivity contribution is 9.10. The zero-order chi connectivity index (χ0) is 14.3. The standard InChI is InChI=1S/C11H6BrF3O3S/c12-9-3-1-8-6-10(4-2-7(8)5-9)19(16,17)18-11(13,14)15/h1-6H. The molecule has 0 radical (unpaired) electrons. The number of fused-ring (bicyclic) bond motifs is 1. The van der Waals surface area contributed by atoms with Crippen LogP contribution in [-0.2, 0) is 14.3 Å². The summed E-state index contributed by atoms with van der Waals surface area (Å²) in [7, 11) is -4.86. The van der Waals surface area contributed by atoms with Gasteiger partial charge in [-0.1, -0.05) is 28.1 Å². The fourth-order valence-electron chi connectivity index (χ4n) is 1.52. The van der Waals surface area contributed by atoms with Gasteiger partial charge in [0.15, 0.2) is 0 Å². The molecular weight excluding hydrogens is 349 g/mol. The van der Waals surface area contributed by atoms with Gasteiger partial charge >= 0.3 is 16.5 Å². The van der Waals surface area contributed by atoms with E-state index in [1.807, 2.05) is 0 Å². The maximum absolute atomic E-state index is 12.0. The van der Waals surface area contributed by atoms with Crippen molar-refractivity contribution in [3.8, 4) is 0 Å². The molecule has 3 nitrogen and oxygen atoms in total. The Bertz CT molecular complexity index is 726. The molecule has 0 unspecified atom stereocenters. The van der Waals surface area contributed by atoms with Crippen LogP contribution in [0.4, 0.5) is 13.2 Å². The van der Waals surface area contributed by atoms with Crippen LogP contribution in [0.5, 0.6) is 0 Å². The summed E-state index contributed by atoms with van der Waals surface area (Å²) >= 11 is 3.24. The number of hydrogen-bond donors (Lipinski definition) is 0. The summed E-state index contributed by atoms with van der Waals surface area (Å²) < 4.78 is 62.7. The van der Waals surface area contributed by atoms with E-state index >= 15 is 0 Å². The van der Waals surface area contributed by atoms with Gasteiger partial charge in [0.1, 0.15) is 0 Å². The predicted molar refractivity (Wildman–Crippen MR) is 66.0 cm³/mol. The summed E-state index contributed by atoms with van der Waals surface area (Å²) in [6.45, 7) is 0. The van der Waals surface area contributed by atoms with Gasteiger partial charge in [-0.15, -0.1) is 13.2 Å². The Balaban J connectivity index is 2.49. The van der Waals surface area contributed by atoms with Gasteiger partial charge < -0.3 is 0 Å². The van der Waals surface area contributed by atoms with Crippen LogP contribution in [0.25, 0.3) is 10.8 Å². The Kier molecular flexibility index (Phi) is 3.59. The van der Waals surface area contributed by atoms with Crippen LogP contribution in [0.1, 0.15) is 0 Å². The lowest BCUT2D eigenvalue weighted by Gasteiger charge is -2.08. The second kappa shape index (κ2) is 4.77. The molecule has 0 atom stereocenters. The lowest BCUT2D eigenvalue weighted by atomic mass is 10.1. The largest absolute Gasteiger partial charge is 0.537 e. The van der Waals surface area contributed by atoms with Crippen LogP contribution >= 0.6 is 15.9 Å². The van der Waals surface area contributed by atoms with Crippen molar-refractivity contribution >= 4 is 36.8 Å². The third-order valence-electron chi connectivity index (χ3n) is 2.27. The minimum Gasteiger partial charge on any atom is -0.194 e. The first-order valence-corrected chi connectivity index (χ1v) is 7.09. The van der Waals surface area contributed by atoms with Gasteiger partial charge in [0.05, 0.1) is 4.90 Å². The molecular formula is C11H6BrF3O3S. The molecule has 2 rings (SSSR count). The van der Waals surface area contributed by atoms with Gasteiger partial charge in [0.2, 0.25) is 0 Å². The number of halogens is 4. The van der Waals surface area contributed by atoms with Crippen molar-refractivity contribution in [3.63, 3.8) is 0 Å². The van der Waals surface area contributed by atoms with Gasteiger partial charge in [-0.05, 0) is 35.0 Å². The van der Waals surface area contributed by atoms with E-state index in [1.54, 1.807) is 18.2 Å². The molecule has 0 heterocycles. The van der Waals surface area contributed by atoms with E-state index in [0.29, 0.717) is 10.8 Å². The summed E-state index contributed by atoms with van der Waals surface area (Å²) in [4.78, 5) is -0.542. The molecule has 0 aliphatic rings. The summed E-state index contributed by atoms with van der Waals surface area (Å²) in [5.41, 5.74) is 0. The highest BCUT2D eigenvalue weighted by Gasteiger charge is 2.37. The van der Waals surface area contributed by atoms with Gasteiger partial charge in [0, 0.05) is 4.47 Å². The van der Waals surface area contributed by atoms with Gasteiger partial charge in [-0.3, -0.25) is 0 Å². The van der Waals surface area contributed by atoms with Crippen molar-refractivity contribution in [3.05, 3.63) is 40.9 Å². The molecule has 0 aliphatic carbocycles. The van der Waals surface area contributed by atoms with Crippen molar-refractivity contribution in [1.82, 2.24) is 0 Å². The number of rotatable bonds is 2. The average Bonchev–Trinajstić information content (AvgIpc) is 2.25. The quantitative estimate of drug-likeness (QED) is 0.769. The molecule has 2 aromatic rings. The zero-order valence-electron chi connectivity index (χ0n) is 9.11. The van der Waals surface area contributed by atoms with Gasteiger partial charge in [0.25, 0.3) is 0 Å². The summed E-state index contributed by atoms with van der Waals surface area (Å²) in [5.74, 6) is 0. The van der Waals surface area contributed by atoms with E-state index in [1.165, 1.54) is 6.07 Å². The van der Waals surface area contributed by atoms with Crippen molar-refractivity contribution in [2.45, 2.75) is 11.3 Å². The fourth-order valence-corrected chi connectivity index (χ4v) is 2.75. The maximum Gasteiger partial charge on any atom is 0.537 e. The minimum absolute atomic E-state index is 0.495. The van der Waals surface area contributed by atoms with E-state index < -0.39 is 21.4 Å². The Morgan fingerprint density at radius 1 is 1.00 bits per heavy atom. The van der Waals surface area contributed by atoms with E-state index in [2.05, 4.69) is 20.1 Å². The highest BCUT2D eigenvalue weighted by atomic mass is 79.9. The topological polar surface area (TPSA) is 43.4 Å². The normalized spacial score (nSPS) is 12.8. The van der Waals surface area contributed by atoms with Gasteiger partial charge in [-0.2, -0.15) is 12.6 Å². The van der Waals surface area contributed by atoms with E-state index in [0.717, 1.165) is 16.6 Å². The molecule has 0 saturated heterocycles. The van der Waals surface area contributed by atoms with Crippen LogP contribution in [0.3, 0.4) is 0 Å². The summed E-state index contributed by atoms with van der Waals surface area (Å²) in [6.07, 6.45) is -5.24. The molecule has 0 N–H and O–H groups in total. The second-order valence-electron chi connectivity index (χ2n) is 3.64. The van der Waals surface area contributed by atoms with Crippen LogP contribution in [0, 0.1) is 0 Å². The molecule has 0 fully saturated rings. The van der Waals surface area contributed by atoms with E-state index in [4.69, 9.17) is 0 Å². The molecule has 19 heavy (non-hydrogen) atoms. The molecule has 0 saturated carbocycles. The molecule has 8 heteroatoms. The first kappa shape index (κ1) is 14.3. The van der Waals surface area contributed by atoms with Crippen LogP contribution < -0.4 is 0 Å². The lowest BCUT2D eigenvalue weighted by molar-refractivity contribution is -0.271. The Hall–Kier alpha value is -1.12. The second-order valence-corrected chi connectivity index (χ2v) is 6.10. The first-order chi connectivity index (χ1) is 8.67. The zero-order valence-corrected chi connectivity index (χ0v) is 11.5. The van der Waals surface area contributed by atoms with Crippen LogP contribution in [-0.4, -0.2) is 14.8 Å². The molecule has 0 bridgehead atoms. The van der Waals surface area contributed by atoms with Crippen LogP contribution in [0.15, 0.2) is 45.8 Å². The third-order valence-corrected chi connectivity index (χ3v) is 4.00. The molecule has 0 spiro atoms.